The fourth-order valence-electron chi connectivity index (χ4n) is 5.12. The highest BCUT2D eigenvalue weighted by molar-refractivity contribution is 7.47. The molecule has 0 aliphatic rings. The quantitative estimate of drug-likeness (QED) is 0.0180. The van der Waals surface area contributed by atoms with Gasteiger partial charge in [-0.1, -0.05) is 137 Å². The highest BCUT2D eigenvalue weighted by Gasteiger charge is 2.25. The van der Waals surface area contributed by atoms with E-state index in [9.17, 15) is 24.2 Å². The SMILES string of the molecule is CCCCC/C=C\C/C=C\C/C=C\CCCCCCC(=O)O[C@H](COC(=O)CCC/C=C/C=C\C(O)C/C=C\C/C=C\CCCCC)COP(=O)(O)OCCN. The van der Waals surface area contributed by atoms with Crippen LogP contribution in [0, 0.1) is 0 Å². The van der Waals surface area contributed by atoms with Crippen LogP contribution in [0.2, 0.25) is 0 Å². The van der Waals surface area contributed by atoms with Crippen molar-refractivity contribution in [2.45, 2.75) is 161 Å². The van der Waals surface area contributed by atoms with Gasteiger partial charge >= 0.3 is 19.8 Å². The van der Waals surface area contributed by atoms with Crippen molar-refractivity contribution in [2.24, 2.45) is 5.73 Å². The van der Waals surface area contributed by atoms with Crippen LogP contribution in [0.4, 0.5) is 0 Å². The van der Waals surface area contributed by atoms with Crippen molar-refractivity contribution in [1.82, 2.24) is 0 Å². The molecule has 3 atom stereocenters. The van der Waals surface area contributed by atoms with Gasteiger partial charge in [0, 0.05) is 19.4 Å². The third-order valence-corrected chi connectivity index (χ3v) is 9.32. The Bertz CT molecular complexity index is 1210. The maximum atomic E-state index is 12.6. The van der Waals surface area contributed by atoms with E-state index in [4.69, 9.17) is 24.3 Å². The number of aliphatic hydroxyl groups excluding tert-OH is 1. The molecule has 0 heterocycles. The second kappa shape index (κ2) is 40.4. The van der Waals surface area contributed by atoms with Gasteiger partial charge in [-0.3, -0.25) is 18.6 Å². The van der Waals surface area contributed by atoms with Crippen LogP contribution in [-0.2, 0) is 32.7 Å². The Kier molecular flexibility index (Phi) is 38.3. The van der Waals surface area contributed by atoms with Gasteiger partial charge in [-0.05, 0) is 83.5 Å². The van der Waals surface area contributed by atoms with E-state index in [0.29, 0.717) is 25.7 Å². The van der Waals surface area contributed by atoms with E-state index in [1.54, 1.807) is 12.2 Å². The molecule has 56 heavy (non-hydrogen) atoms. The van der Waals surface area contributed by atoms with Gasteiger partial charge in [0.15, 0.2) is 6.10 Å². The Morgan fingerprint density at radius 2 is 1.16 bits per heavy atom. The van der Waals surface area contributed by atoms with Crippen molar-refractivity contribution < 1.29 is 42.7 Å². The molecule has 0 aliphatic carbocycles. The predicted molar refractivity (Wildman–Crippen MR) is 230 cm³/mol. The van der Waals surface area contributed by atoms with E-state index in [0.717, 1.165) is 51.4 Å². The first-order valence-electron chi connectivity index (χ1n) is 21.2. The van der Waals surface area contributed by atoms with Crippen LogP contribution >= 0.6 is 7.82 Å². The summed E-state index contributed by atoms with van der Waals surface area (Å²) in [7, 11) is -4.42. The number of rotatable bonds is 38. The largest absolute Gasteiger partial charge is 0.472 e. The molecular weight excluding hydrogens is 729 g/mol. The molecule has 11 heteroatoms. The molecule has 0 rings (SSSR count). The summed E-state index contributed by atoms with van der Waals surface area (Å²) in [5.74, 6) is -0.993. The van der Waals surface area contributed by atoms with Gasteiger partial charge in [0.2, 0.25) is 0 Å². The van der Waals surface area contributed by atoms with Gasteiger partial charge in [0.25, 0.3) is 0 Å². The van der Waals surface area contributed by atoms with Gasteiger partial charge in [0.05, 0.1) is 19.3 Å². The lowest BCUT2D eigenvalue weighted by Crippen LogP contribution is -2.29. The average molecular weight is 806 g/mol. The minimum absolute atomic E-state index is 0.0253. The number of aliphatic hydroxyl groups is 1. The predicted octanol–water partition coefficient (Wildman–Crippen LogP) is 11.0. The Labute approximate surface area is 339 Å². The molecule has 0 aromatic rings. The van der Waals surface area contributed by atoms with Crippen LogP contribution in [0.15, 0.2) is 85.1 Å². The third kappa shape index (κ3) is 39.4. The van der Waals surface area contributed by atoms with E-state index in [2.05, 4.69) is 68.5 Å². The van der Waals surface area contributed by atoms with Crippen LogP contribution < -0.4 is 5.73 Å². The van der Waals surface area contributed by atoms with E-state index in [1.165, 1.54) is 44.9 Å². The van der Waals surface area contributed by atoms with Gasteiger partial charge in [-0.2, -0.15) is 0 Å². The topological polar surface area (TPSA) is 155 Å². The minimum Gasteiger partial charge on any atom is -0.462 e. The number of phosphoric acid groups is 1. The van der Waals surface area contributed by atoms with Crippen molar-refractivity contribution in [1.29, 1.82) is 0 Å². The Morgan fingerprint density at radius 3 is 1.77 bits per heavy atom. The zero-order chi connectivity index (χ0) is 41.2. The molecule has 10 nitrogen and oxygen atoms in total. The molecule has 0 bridgehead atoms. The summed E-state index contributed by atoms with van der Waals surface area (Å²) in [4.78, 5) is 34.8. The lowest BCUT2D eigenvalue weighted by Gasteiger charge is -2.19. The van der Waals surface area contributed by atoms with Crippen LogP contribution in [0.1, 0.15) is 149 Å². The van der Waals surface area contributed by atoms with Crippen molar-refractivity contribution in [3.63, 3.8) is 0 Å². The third-order valence-electron chi connectivity index (χ3n) is 8.33. The second-order valence-electron chi connectivity index (χ2n) is 13.7. The molecule has 4 N–H and O–H groups in total. The number of phosphoric ester groups is 1. The molecule has 320 valence electrons. The van der Waals surface area contributed by atoms with Crippen LogP contribution in [0.3, 0.4) is 0 Å². The summed E-state index contributed by atoms with van der Waals surface area (Å²) < 4.78 is 32.6. The molecule has 0 amide bonds. The second-order valence-corrected chi connectivity index (χ2v) is 15.2. The fraction of sp³-hybridized carbons (Fsp3) is 0.644. The number of carbonyl (C=O) groups excluding carboxylic acids is 2. The average Bonchev–Trinajstić information content (AvgIpc) is 3.18. The van der Waals surface area contributed by atoms with Crippen molar-refractivity contribution in [3.8, 4) is 0 Å². The number of ether oxygens (including phenoxy) is 2. The standard InChI is InChI=1S/C45H76NO9P/c1-3-5-7-9-11-13-14-15-16-17-18-19-20-22-24-28-33-37-45(49)55-43(41-54-56(50,51)53-39-38-46)40-52-44(48)36-32-29-25-27-31-35-42(47)34-30-26-23-21-12-10-8-6-4-2/h11-13,15-16,18-19,21,25-27,30-31,35,42-43,47H,3-10,14,17,20,22-24,28-29,32-34,36-41,46H2,1-2H3,(H,50,51)/b13-11-,16-15-,19-18-,21-12-,27-25+,30-26-,35-31-/t42?,43-/m1/s1. The lowest BCUT2D eigenvalue weighted by molar-refractivity contribution is -0.161. The molecule has 0 spiro atoms. The number of hydrogen-bond donors (Lipinski definition) is 3. The zero-order valence-corrected chi connectivity index (χ0v) is 35.6. The first-order chi connectivity index (χ1) is 27.2. The highest BCUT2D eigenvalue weighted by Crippen LogP contribution is 2.43. The van der Waals surface area contributed by atoms with E-state index in [-0.39, 0.29) is 32.6 Å². The lowest BCUT2D eigenvalue weighted by atomic mass is 10.1. The van der Waals surface area contributed by atoms with Gasteiger partial charge in [-0.15, -0.1) is 0 Å². The van der Waals surface area contributed by atoms with E-state index < -0.39 is 38.6 Å². The fourth-order valence-corrected chi connectivity index (χ4v) is 5.89. The van der Waals surface area contributed by atoms with Crippen molar-refractivity contribution in [3.05, 3.63) is 85.1 Å². The maximum Gasteiger partial charge on any atom is 0.472 e. The molecule has 0 radical (unpaired) electrons. The number of carbonyl (C=O) groups is 2. The smallest absolute Gasteiger partial charge is 0.462 e. The Morgan fingerprint density at radius 1 is 0.625 bits per heavy atom. The molecule has 0 fully saturated rings. The zero-order valence-electron chi connectivity index (χ0n) is 34.7. The monoisotopic (exact) mass is 806 g/mol. The Balaban J connectivity index is 4.42. The molecule has 0 saturated carbocycles. The normalized spacial score (nSPS) is 14.7. The minimum atomic E-state index is -4.42. The summed E-state index contributed by atoms with van der Waals surface area (Å²) in [6.07, 6.45) is 46.4. The van der Waals surface area contributed by atoms with Crippen LogP contribution in [0.25, 0.3) is 0 Å². The molecule has 0 aromatic carbocycles. The van der Waals surface area contributed by atoms with Gasteiger partial charge in [-0.25, -0.2) is 4.57 Å². The maximum absolute atomic E-state index is 12.6. The molecule has 2 unspecified atom stereocenters. The highest BCUT2D eigenvalue weighted by atomic mass is 31.2. The van der Waals surface area contributed by atoms with Crippen LogP contribution in [0.5, 0.6) is 0 Å². The van der Waals surface area contributed by atoms with Gasteiger partial charge < -0.3 is 25.2 Å². The summed E-state index contributed by atoms with van der Waals surface area (Å²) in [5, 5.41) is 10.1. The van der Waals surface area contributed by atoms with Crippen LogP contribution in [-0.4, -0.2) is 60.5 Å². The van der Waals surface area contributed by atoms with E-state index >= 15 is 0 Å². The van der Waals surface area contributed by atoms with Crippen molar-refractivity contribution in [2.75, 3.05) is 26.4 Å². The molecular formula is C45H76NO9P. The summed E-state index contributed by atoms with van der Waals surface area (Å²) in [6, 6.07) is 0. The summed E-state index contributed by atoms with van der Waals surface area (Å²) in [5.41, 5.74) is 5.33. The first kappa shape index (κ1) is 53.1. The number of hydrogen-bond acceptors (Lipinski definition) is 9. The summed E-state index contributed by atoms with van der Waals surface area (Å²) >= 11 is 0. The first-order valence-corrected chi connectivity index (χ1v) is 22.7. The van der Waals surface area contributed by atoms with Crippen molar-refractivity contribution >= 4 is 19.8 Å². The number of allylic oxidation sites excluding steroid dienone is 12. The number of nitrogens with two attached hydrogens (primary N) is 1. The number of unbranched alkanes of at least 4 members (excludes halogenated alkanes) is 11. The summed E-state index contributed by atoms with van der Waals surface area (Å²) in [6.45, 7) is 3.45. The Hall–Kier alpha value is -2.85. The molecule has 0 saturated heterocycles. The molecule has 0 aliphatic heterocycles. The van der Waals surface area contributed by atoms with Gasteiger partial charge in [0.1, 0.15) is 6.61 Å². The van der Waals surface area contributed by atoms with E-state index in [1.807, 2.05) is 18.2 Å². The number of esters is 2. The molecule has 0 aromatic heterocycles.